The topological polar surface area (TPSA) is 58.1 Å². The number of hydrogen-bond acceptors (Lipinski definition) is 4. The summed E-state index contributed by atoms with van der Waals surface area (Å²) in [5.41, 5.74) is 1.99. The second-order valence-electron chi connectivity index (χ2n) is 5.47. The minimum absolute atomic E-state index is 0.224. The predicted molar refractivity (Wildman–Crippen MR) is 94.9 cm³/mol. The van der Waals surface area contributed by atoms with Gasteiger partial charge < -0.3 is 10.2 Å². The van der Waals surface area contributed by atoms with Gasteiger partial charge in [-0.3, -0.25) is 4.79 Å². The highest BCUT2D eigenvalue weighted by atomic mass is 19.1. The minimum Gasteiger partial charge on any atom is -0.366 e. The van der Waals surface area contributed by atoms with Crippen molar-refractivity contribution in [2.75, 3.05) is 17.3 Å². The van der Waals surface area contributed by atoms with E-state index in [1.807, 2.05) is 30.3 Å². The summed E-state index contributed by atoms with van der Waals surface area (Å²) in [6.07, 6.45) is 1.35. The molecule has 0 atom stereocenters. The van der Waals surface area contributed by atoms with Gasteiger partial charge in [-0.25, -0.2) is 14.4 Å². The van der Waals surface area contributed by atoms with Gasteiger partial charge in [0.15, 0.2) is 0 Å². The average Bonchev–Trinajstić information content (AvgIpc) is 2.67. The van der Waals surface area contributed by atoms with Crippen molar-refractivity contribution < 1.29 is 9.18 Å². The van der Waals surface area contributed by atoms with E-state index in [0.29, 0.717) is 18.1 Å². The first-order valence-corrected chi connectivity index (χ1v) is 7.77. The van der Waals surface area contributed by atoms with Crippen LogP contribution in [0.1, 0.15) is 16.1 Å². The number of carbonyl (C=O) groups excluding carboxylic acids is 1. The van der Waals surface area contributed by atoms with E-state index in [4.69, 9.17) is 0 Å². The van der Waals surface area contributed by atoms with Crippen LogP contribution in [-0.4, -0.2) is 22.9 Å². The Balaban J connectivity index is 1.70. The van der Waals surface area contributed by atoms with Crippen molar-refractivity contribution in [1.82, 2.24) is 9.97 Å². The lowest BCUT2D eigenvalue weighted by molar-refractivity contribution is 0.0988. The van der Waals surface area contributed by atoms with Crippen molar-refractivity contribution in [2.45, 2.75) is 6.54 Å². The average molecular weight is 336 g/mol. The van der Waals surface area contributed by atoms with Gasteiger partial charge in [-0.15, -0.1) is 0 Å². The molecule has 1 N–H and O–H groups in total. The molecule has 1 amide bonds. The highest BCUT2D eigenvalue weighted by molar-refractivity contribution is 6.04. The van der Waals surface area contributed by atoms with E-state index in [0.717, 1.165) is 11.3 Å². The van der Waals surface area contributed by atoms with Gasteiger partial charge in [0.2, 0.25) is 0 Å². The van der Waals surface area contributed by atoms with Crippen LogP contribution in [-0.2, 0) is 6.54 Å². The summed E-state index contributed by atoms with van der Waals surface area (Å²) in [5.74, 6) is 0.0326. The Bertz CT molecular complexity index is 853. The van der Waals surface area contributed by atoms with Gasteiger partial charge in [0.25, 0.3) is 5.91 Å². The number of rotatable bonds is 5. The smallest absolute Gasteiger partial charge is 0.276 e. The van der Waals surface area contributed by atoms with Crippen LogP contribution in [0.5, 0.6) is 0 Å². The molecule has 3 aromatic rings. The van der Waals surface area contributed by atoms with Crippen molar-refractivity contribution in [2.24, 2.45) is 0 Å². The summed E-state index contributed by atoms with van der Waals surface area (Å²) in [7, 11) is 1.70. The maximum atomic E-state index is 12.9. The Morgan fingerprint density at radius 2 is 1.80 bits per heavy atom. The van der Waals surface area contributed by atoms with Gasteiger partial charge in [0.1, 0.15) is 23.7 Å². The van der Waals surface area contributed by atoms with Crippen molar-refractivity contribution in [3.63, 3.8) is 0 Å². The lowest BCUT2D eigenvalue weighted by atomic mass is 10.2. The zero-order valence-corrected chi connectivity index (χ0v) is 13.7. The lowest BCUT2D eigenvalue weighted by Crippen LogP contribution is -2.27. The number of benzene rings is 2. The number of carbonyl (C=O) groups is 1. The van der Waals surface area contributed by atoms with Gasteiger partial charge in [-0.1, -0.05) is 30.3 Å². The summed E-state index contributed by atoms with van der Waals surface area (Å²) in [5, 5.41) is 3.11. The van der Waals surface area contributed by atoms with Gasteiger partial charge in [0, 0.05) is 25.3 Å². The fourth-order valence-electron chi connectivity index (χ4n) is 2.31. The summed E-state index contributed by atoms with van der Waals surface area (Å²) in [6, 6.07) is 17.1. The fourth-order valence-corrected chi connectivity index (χ4v) is 2.31. The molecule has 0 bridgehead atoms. The first kappa shape index (κ1) is 16.6. The maximum absolute atomic E-state index is 12.9. The molecule has 2 aromatic carbocycles. The number of nitrogens with one attached hydrogen (secondary N) is 1. The minimum atomic E-state index is -0.275. The third kappa shape index (κ3) is 4.17. The Kier molecular flexibility index (Phi) is 4.99. The van der Waals surface area contributed by atoms with Crippen molar-refractivity contribution in [3.8, 4) is 0 Å². The van der Waals surface area contributed by atoms with E-state index < -0.39 is 0 Å². The summed E-state index contributed by atoms with van der Waals surface area (Å²) < 4.78 is 12.9. The standard InChI is InChI=1S/C19H17FN4O/c1-24(16-5-3-2-4-6-16)19(25)17-11-18(23-13-22-17)21-12-14-7-9-15(20)10-8-14/h2-11,13H,12H2,1H3,(H,21,22,23). The fraction of sp³-hybridized carbons (Fsp3) is 0.105. The van der Waals surface area contributed by atoms with Crippen LogP contribution >= 0.6 is 0 Å². The highest BCUT2D eigenvalue weighted by Gasteiger charge is 2.15. The third-order valence-corrected chi connectivity index (χ3v) is 3.72. The first-order chi connectivity index (χ1) is 12.1. The molecular weight excluding hydrogens is 319 g/mol. The van der Waals surface area contributed by atoms with Crippen LogP contribution in [0.25, 0.3) is 0 Å². The molecule has 0 aliphatic rings. The van der Waals surface area contributed by atoms with Crippen LogP contribution in [0.15, 0.2) is 67.0 Å². The number of hydrogen-bond donors (Lipinski definition) is 1. The monoisotopic (exact) mass is 336 g/mol. The third-order valence-electron chi connectivity index (χ3n) is 3.72. The van der Waals surface area contributed by atoms with E-state index in [1.54, 1.807) is 25.2 Å². The predicted octanol–water partition coefficient (Wildman–Crippen LogP) is 3.50. The summed E-state index contributed by atoms with van der Waals surface area (Å²) >= 11 is 0. The molecule has 0 unspecified atom stereocenters. The quantitative estimate of drug-likeness (QED) is 0.775. The van der Waals surface area contributed by atoms with E-state index in [9.17, 15) is 9.18 Å². The molecule has 0 fully saturated rings. The van der Waals surface area contributed by atoms with Gasteiger partial charge in [0.05, 0.1) is 0 Å². The molecular formula is C19H17FN4O. The molecule has 25 heavy (non-hydrogen) atoms. The van der Waals surface area contributed by atoms with Gasteiger partial charge >= 0.3 is 0 Å². The van der Waals surface area contributed by atoms with Crippen LogP contribution < -0.4 is 10.2 Å². The number of nitrogens with zero attached hydrogens (tertiary/aromatic N) is 3. The molecule has 0 saturated heterocycles. The molecule has 1 aromatic heterocycles. The zero-order valence-electron chi connectivity index (χ0n) is 13.7. The zero-order chi connectivity index (χ0) is 17.6. The Morgan fingerprint density at radius 3 is 2.52 bits per heavy atom. The molecule has 0 aliphatic heterocycles. The van der Waals surface area contributed by atoms with E-state index in [1.165, 1.54) is 23.4 Å². The molecule has 6 heteroatoms. The molecule has 5 nitrogen and oxygen atoms in total. The normalized spacial score (nSPS) is 10.3. The largest absolute Gasteiger partial charge is 0.366 e. The summed E-state index contributed by atoms with van der Waals surface area (Å²) in [4.78, 5) is 22.3. The number of amides is 1. The Hall–Kier alpha value is -3.28. The molecule has 0 spiro atoms. The number of para-hydroxylation sites is 1. The molecule has 0 aliphatic carbocycles. The van der Waals surface area contributed by atoms with Crippen molar-refractivity contribution >= 4 is 17.4 Å². The maximum Gasteiger partial charge on any atom is 0.276 e. The molecule has 126 valence electrons. The van der Waals surface area contributed by atoms with Crippen molar-refractivity contribution in [1.29, 1.82) is 0 Å². The van der Waals surface area contributed by atoms with Crippen LogP contribution in [0.3, 0.4) is 0 Å². The van der Waals surface area contributed by atoms with Crippen LogP contribution in [0, 0.1) is 5.82 Å². The Labute approximate surface area is 145 Å². The second-order valence-corrected chi connectivity index (χ2v) is 5.47. The van der Waals surface area contributed by atoms with Crippen LogP contribution in [0.4, 0.5) is 15.9 Å². The van der Waals surface area contributed by atoms with Crippen molar-refractivity contribution in [3.05, 3.63) is 84.1 Å². The second kappa shape index (κ2) is 7.53. The highest BCUT2D eigenvalue weighted by Crippen LogP contribution is 2.15. The SMILES string of the molecule is CN(C(=O)c1cc(NCc2ccc(F)cc2)ncn1)c1ccccc1. The first-order valence-electron chi connectivity index (χ1n) is 7.77. The van der Waals surface area contributed by atoms with E-state index in [-0.39, 0.29) is 11.7 Å². The van der Waals surface area contributed by atoms with E-state index in [2.05, 4.69) is 15.3 Å². The van der Waals surface area contributed by atoms with Crippen LogP contribution in [0.2, 0.25) is 0 Å². The number of aromatic nitrogens is 2. The Morgan fingerprint density at radius 1 is 1.08 bits per heavy atom. The molecule has 3 rings (SSSR count). The molecule has 1 heterocycles. The number of halogens is 1. The lowest BCUT2D eigenvalue weighted by Gasteiger charge is -2.17. The van der Waals surface area contributed by atoms with E-state index >= 15 is 0 Å². The molecule has 0 saturated carbocycles. The van der Waals surface area contributed by atoms with Gasteiger partial charge in [-0.2, -0.15) is 0 Å². The molecule has 0 radical (unpaired) electrons. The summed E-state index contributed by atoms with van der Waals surface area (Å²) in [6.45, 7) is 0.472. The van der Waals surface area contributed by atoms with Gasteiger partial charge in [-0.05, 0) is 29.8 Å². The number of anilines is 2.